The lowest BCUT2D eigenvalue weighted by Gasteiger charge is -2.29. The summed E-state index contributed by atoms with van der Waals surface area (Å²) >= 11 is 0. The third-order valence-electron chi connectivity index (χ3n) is 4.81. The van der Waals surface area contributed by atoms with Crippen LogP contribution in [0.25, 0.3) is 0 Å². The number of hydrogen-bond donors (Lipinski definition) is 0. The van der Waals surface area contributed by atoms with Crippen LogP contribution >= 0.6 is 0 Å². The monoisotopic (exact) mass is 422 g/mol. The quantitative estimate of drug-likeness (QED) is 0.539. The highest BCUT2D eigenvalue weighted by molar-refractivity contribution is 5.94. The maximum atomic E-state index is 12.7. The molecule has 1 unspecified atom stereocenters. The summed E-state index contributed by atoms with van der Waals surface area (Å²) in [4.78, 5) is 25.5. The molecule has 31 heavy (non-hydrogen) atoms. The van der Waals surface area contributed by atoms with Gasteiger partial charge in [0.15, 0.2) is 34.8 Å². The Kier molecular flexibility index (Phi) is 5.88. The SMILES string of the molecule is CC(=O)c1ccc(OCc2cc(C(=O)N(C)CC3COc4ccccc4O3)no2)cc1. The fourth-order valence-corrected chi connectivity index (χ4v) is 3.16. The highest BCUT2D eigenvalue weighted by Crippen LogP contribution is 2.31. The van der Waals surface area contributed by atoms with Gasteiger partial charge in [0.25, 0.3) is 5.91 Å². The van der Waals surface area contributed by atoms with Crippen molar-refractivity contribution in [3.8, 4) is 17.2 Å². The van der Waals surface area contributed by atoms with Crippen molar-refractivity contribution >= 4 is 11.7 Å². The first-order valence-electron chi connectivity index (χ1n) is 9.83. The molecule has 1 aliphatic heterocycles. The van der Waals surface area contributed by atoms with Gasteiger partial charge >= 0.3 is 0 Å². The zero-order valence-electron chi connectivity index (χ0n) is 17.2. The van der Waals surface area contributed by atoms with Crippen LogP contribution in [0.3, 0.4) is 0 Å². The summed E-state index contributed by atoms with van der Waals surface area (Å²) in [6.45, 7) is 2.31. The number of ketones is 1. The van der Waals surface area contributed by atoms with E-state index in [1.54, 1.807) is 37.4 Å². The summed E-state index contributed by atoms with van der Waals surface area (Å²) < 4.78 is 22.4. The molecule has 8 nitrogen and oxygen atoms in total. The van der Waals surface area contributed by atoms with E-state index in [2.05, 4.69) is 5.16 Å². The normalized spacial score (nSPS) is 14.7. The summed E-state index contributed by atoms with van der Waals surface area (Å²) in [5.41, 5.74) is 0.795. The highest BCUT2D eigenvalue weighted by atomic mass is 16.6. The molecule has 1 amide bonds. The van der Waals surface area contributed by atoms with E-state index in [0.29, 0.717) is 41.7 Å². The fraction of sp³-hybridized carbons (Fsp3) is 0.261. The van der Waals surface area contributed by atoms with Gasteiger partial charge in [-0.1, -0.05) is 17.3 Å². The van der Waals surface area contributed by atoms with Gasteiger partial charge in [-0.15, -0.1) is 0 Å². The van der Waals surface area contributed by atoms with E-state index in [1.807, 2.05) is 24.3 Å². The van der Waals surface area contributed by atoms with E-state index in [9.17, 15) is 9.59 Å². The highest BCUT2D eigenvalue weighted by Gasteiger charge is 2.25. The summed E-state index contributed by atoms with van der Waals surface area (Å²) in [5.74, 6) is 2.06. The van der Waals surface area contributed by atoms with E-state index in [4.69, 9.17) is 18.7 Å². The molecule has 4 rings (SSSR count). The Labute approximate surface area is 179 Å². The van der Waals surface area contributed by atoms with E-state index < -0.39 is 0 Å². The number of hydrogen-bond acceptors (Lipinski definition) is 7. The Hall–Kier alpha value is -3.81. The average Bonchev–Trinajstić information content (AvgIpc) is 3.26. The van der Waals surface area contributed by atoms with Crippen LogP contribution in [-0.2, 0) is 6.61 Å². The number of amides is 1. The number of carbonyl (C=O) groups is 2. The number of likely N-dealkylation sites (N-methyl/N-ethyl adjacent to an activating group) is 1. The lowest BCUT2D eigenvalue weighted by molar-refractivity contribution is 0.0514. The van der Waals surface area contributed by atoms with E-state index in [0.717, 1.165) is 0 Å². The van der Waals surface area contributed by atoms with E-state index >= 15 is 0 Å². The molecular formula is C23H22N2O6. The summed E-state index contributed by atoms with van der Waals surface area (Å²) in [5, 5.41) is 3.85. The van der Waals surface area contributed by atoms with Gasteiger partial charge in [-0.25, -0.2) is 0 Å². The third kappa shape index (κ3) is 4.85. The third-order valence-corrected chi connectivity index (χ3v) is 4.81. The minimum Gasteiger partial charge on any atom is -0.486 e. The number of fused-ring (bicyclic) bond motifs is 1. The van der Waals surface area contributed by atoms with Crippen LogP contribution < -0.4 is 14.2 Å². The molecular weight excluding hydrogens is 400 g/mol. The molecule has 0 saturated heterocycles. The van der Waals surface area contributed by atoms with Crippen LogP contribution in [0.5, 0.6) is 17.2 Å². The molecule has 0 saturated carbocycles. The van der Waals surface area contributed by atoms with E-state index in [1.165, 1.54) is 11.8 Å². The van der Waals surface area contributed by atoms with Crippen LogP contribution in [0.15, 0.2) is 59.1 Å². The molecule has 2 aromatic carbocycles. The van der Waals surface area contributed by atoms with Gasteiger partial charge in [0, 0.05) is 18.7 Å². The first kappa shape index (κ1) is 20.5. The molecule has 3 aromatic rings. The zero-order chi connectivity index (χ0) is 21.8. The standard InChI is InChI=1S/C23H22N2O6/c1-15(26)16-7-9-17(10-8-16)28-13-18-11-20(24-31-18)23(27)25(2)12-19-14-29-21-5-3-4-6-22(21)30-19/h3-11,19H,12-14H2,1-2H3. The maximum absolute atomic E-state index is 12.7. The van der Waals surface area contributed by atoms with Crippen molar-refractivity contribution in [3.63, 3.8) is 0 Å². The predicted octanol–water partition coefficient (Wildman–Crippen LogP) is 3.37. The summed E-state index contributed by atoms with van der Waals surface area (Å²) in [6.07, 6.45) is -0.281. The Morgan fingerprint density at radius 3 is 2.61 bits per heavy atom. The number of carbonyl (C=O) groups excluding carboxylic acids is 2. The molecule has 0 bridgehead atoms. The number of benzene rings is 2. The van der Waals surface area contributed by atoms with Gasteiger partial charge in [0.1, 0.15) is 19.0 Å². The average molecular weight is 422 g/mol. The second kappa shape index (κ2) is 8.91. The van der Waals surface area contributed by atoms with Crippen molar-refractivity contribution in [1.82, 2.24) is 10.1 Å². The zero-order valence-corrected chi connectivity index (χ0v) is 17.2. The molecule has 1 aliphatic rings. The van der Waals surface area contributed by atoms with Crippen LogP contribution in [0.2, 0.25) is 0 Å². The van der Waals surface area contributed by atoms with Gasteiger partial charge in [-0.3, -0.25) is 9.59 Å². The minimum absolute atomic E-state index is 0.0107. The Balaban J connectivity index is 1.31. The second-order valence-electron chi connectivity index (χ2n) is 7.23. The minimum atomic E-state index is -0.289. The summed E-state index contributed by atoms with van der Waals surface area (Å²) in [6, 6.07) is 15.8. The molecule has 160 valence electrons. The predicted molar refractivity (Wildman–Crippen MR) is 111 cm³/mol. The molecule has 2 heterocycles. The van der Waals surface area contributed by atoms with Crippen LogP contribution in [0.4, 0.5) is 0 Å². The molecule has 0 radical (unpaired) electrons. The number of nitrogens with zero attached hydrogens (tertiary/aromatic N) is 2. The number of para-hydroxylation sites is 2. The first-order valence-corrected chi connectivity index (χ1v) is 9.83. The molecule has 0 spiro atoms. The molecule has 8 heteroatoms. The Morgan fingerprint density at radius 1 is 1.13 bits per heavy atom. The van der Waals surface area contributed by atoms with Crippen molar-refractivity contribution in [2.45, 2.75) is 19.6 Å². The van der Waals surface area contributed by atoms with Crippen molar-refractivity contribution in [2.75, 3.05) is 20.2 Å². The fourth-order valence-electron chi connectivity index (χ4n) is 3.16. The van der Waals surface area contributed by atoms with Crippen molar-refractivity contribution in [3.05, 3.63) is 71.6 Å². The topological polar surface area (TPSA) is 91.1 Å². The van der Waals surface area contributed by atoms with Crippen molar-refractivity contribution in [2.24, 2.45) is 0 Å². The first-order chi connectivity index (χ1) is 15.0. The largest absolute Gasteiger partial charge is 0.486 e. The molecule has 0 N–H and O–H groups in total. The van der Waals surface area contributed by atoms with Crippen LogP contribution in [0.1, 0.15) is 33.5 Å². The summed E-state index contributed by atoms with van der Waals surface area (Å²) in [7, 11) is 1.67. The van der Waals surface area contributed by atoms with Gasteiger partial charge in [-0.05, 0) is 43.3 Å². The van der Waals surface area contributed by atoms with Crippen molar-refractivity contribution in [1.29, 1.82) is 0 Å². The van der Waals surface area contributed by atoms with Crippen molar-refractivity contribution < 1.29 is 28.3 Å². The number of ether oxygens (including phenoxy) is 3. The molecule has 0 fully saturated rings. The number of Topliss-reactive ketones (excluding diaryl/α,β-unsaturated/α-hetero) is 1. The van der Waals surface area contributed by atoms with Crippen LogP contribution in [-0.4, -0.2) is 48.1 Å². The van der Waals surface area contributed by atoms with Gasteiger partial charge < -0.3 is 23.6 Å². The lowest BCUT2D eigenvalue weighted by Crippen LogP contribution is -2.41. The molecule has 0 aliphatic carbocycles. The number of rotatable bonds is 7. The van der Waals surface area contributed by atoms with Gasteiger partial charge in [-0.2, -0.15) is 0 Å². The lowest BCUT2D eigenvalue weighted by atomic mass is 10.1. The smallest absolute Gasteiger partial charge is 0.275 e. The molecule has 1 atom stereocenters. The molecule has 1 aromatic heterocycles. The Morgan fingerprint density at radius 2 is 1.87 bits per heavy atom. The van der Waals surface area contributed by atoms with Gasteiger partial charge in [0.05, 0.1) is 6.54 Å². The van der Waals surface area contributed by atoms with Gasteiger partial charge in [0.2, 0.25) is 0 Å². The maximum Gasteiger partial charge on any atom is 0.275 e. The Bertz CT molecular complexity index is 1080. The van der Waals surface area contributed by atoms with Crippen LogP contribution in [0, 0.1) is 0 Å². The van der Waals surface area contributed by atoms with E-state index in [-0.39, 0.29) is 30.1 Å². The second-order valence-corrected chi connectivity index (χ2v) is 7.23. The number of aromatic nitrogens is 1.